The Morgan fingerprint density at radius 1 is 1.00 bits per heavy atom. The van der Waals surface area contributed by atoms with E-state index >= 15 is 0 Å². The number of benzene rings is 2. The molecule has 2 aromatic rings. The third-order valence-electron chi connectivity index (χ3n) is 4.49. The van der Waals surface area contributed by atoms with Crippen LogP contribution in [0.15, 0.2) is 59.5 Å². The lowest BCUT2D eigenvalue weighted by atomic mass is 10.1. The van der Waals surface area contributed by atoms with Gasteiger partial charge in [0.05, 0.1) is 4.90 Å². The number of hydrogen-bond acceptors (Lipinski definition) is 3. The maximum Gasteiger partial charge on any atom is 0.240 e. The third kappa shape index (κ3) is 4.44. The lowest BCUT2D eigenvalue weighted by Crippen LogP contribution is -2.44. The fraction of sp³-hybridized carbons (Fsp3) is 0.368. The highest BCUT2D eigenvalue weighted by Crippen LogP contribution is 2.17. The molecule has 0 aliphatic carbocycles. The van der Waals surface area contributed by atoms with Crippen LogP contribution < -0.4 is 4.72 Å². The Labute approximate surface area is 144 Å². The maximum atomic E-state index is 12.5. The Bertz CT molecular complexity index is 750. The van der Waals surface area contributed by atoms with Crippen LogP contribution in [0.1, 0.15) is 24.0 Å². The number of nitrogens with one attached hydrogen (secondary N) is 1. The normalized spacial score (nSPS) is 17.0. The van der Waals surface area contributed by atoms with Crippen LogP contribution in [0.2, 0.25) is 0 Å². The predicted octanol–water partition coefficient (Wildman–Crippen LogP) is 2.94. The number of nitrogens with zero attached hydrogens (tertiary/aromatic N) is 1. The summed E-state index contributed by atoms with van der Waals surface area (Å²) in [6.07, 6.45) is 1.69. The summed E-state index contributed by atoms with van der Waals surface area (Å²) in [7, 11) is -3.42. The van der Waals surface area contributed by atoms with Crippen molar-refractivity contribution in [1.82, 2.24) is 9.62 Å². The monoisotopic (exact) mass is 344 g/mol. The molecule has 1 saturated heterocycles. The molecule has 1 aliphatic rings. The molecule has 24 heavy (non-hydrogen) atoms. The fourth-order valence-corrected chi connectivity index (χ4v) is 4.36. The van der Waals surface area contributed by atoms with E-state index in [1.807, 2.05) is 25.1 Å². The van der Waals surface area contributed by atoms with E-state index in [4.69, 9.17) is 0 Å². The molecular weight excluding hydrogens is 320 g/mol. The van der Waals surface area contributed by atoms with E-state index in [9.17, 15) is 8.42 Å². The molecule has 5 heteroatoms. The van der Waals surface area contributed by atoms with Crippen LogP contribution in [0.25, 0.3) is 0 Å². The molecule has 128 valence electrons. The molecule has 1 N–H and O–H groups in total. The van der Waals surface area contributed by atoms with Crippen LogP contribution in [0.4, 0.5) is 0 Å². The Morgan fingerprint density at radius 3 is 2.25 bits per heavy atom. The second-order valence-electron chi connectivity index (χ2n) is 6.47. The van der Waals surface area contributed by atoms with Crippen molar-refractivity contribution in [1.29, 1.82) is 0 Å². The van der Waals surface area contributed by atoms with Gasteiger partial charge in [-0.3, -0.25) is 4.90 Å². The molecule has 4 nitrogen and oxygen atoms in total. The molecule has 1 aliphatic heterocycles. The van der Waals surface area contributed by atoms with Crippen molar-refractivity contribution in [3.8, 4) is 0 Å². The molecule has 0 aromatic heterocycles. The van der Waals surface area contributed by atoms with Gasteiger partial charge in [0, 0.05) is 25.7 Å². The van der Waals surface area contributed by atoms with E-state index in [2.05, 4.69) is 33.9 Å². The van der Waals surface area contributed by atoms with Crippen molar-refractivity contribution in [2.75, 3.05) is 13.1 Å². The summed E-state index contributed by atoms with van der Waals surface area (Å²) >= 11 is 0. The Balaban J connectivity index is 1.54. The van der Waals surface area contributed by atoms with Gasteiger partial charge < -0.3 is 0 Å². The zero-order valence-corrected chi connectivity index (χ0v) is 14.8. The van der Waals surface area contributed by atoms with Gasteiger partial charge in [0.1, 0.15) is 0 Å². The van der Waals surface area contributed by atoms with Gasteiger partial charge in [-0.05, 0) is 37.5 Å². The largest absolute Gasteiger partial charge is 0.299 e. The van der Waals surface area contributed by atoms with Crippen LogP contribution in [-0.4, -0.2) is 32.4 Å². The molecule has 2 aromatic carbocycles. The summed E-state index contributed by atoms with van der Waals surface area (Å²) in [5.41, 5.74) is 2.36. The number of likely N-dealkylation sites (tertiary alicyclic amines) is 1. The minimum atomic E-state index is -3.42. The van der Waals surface area contributed by atoms with E-state index < -0.39 is 10.0 Å². The van der Waals surface area contributed by atoms with Crippen molar-refractivity contribution in [2.45, 2.75) is 37.2 Å². The number of piperidine rings is 1. The van der Waals surface area contributed by atoms with Crippen LogP contribution in [0, 0.1) is 6.92 Å². The summed E-state index contributed by atoms with van der Waals surface area (Å²) in [5.74, 6) is 0. The summed E-state index contributed by atoms with van der Waals surface area (Å²) in [4.78, 5) is 2.73. The second-order valence-corrected chi connectivity index (χ2v) is 8.18. The molecule has 0 amide bonds. The van der Waals surface area contributed by atoms with E-state index in [0.29, 0.717) is 4.90 Å². The quantitative estimate of drug-likeness (QED) is 0.907. The van der Waals surface area contributed by atoms with Gasteiger partial charge >= 0.3 is 0 Å². The Kier molecular flexibility index (Phi) is 5.33. The fourth-order valence-electron chi connectivity index (χ4n) is 3.06. The van der Waals surface area contributed by atoms with Crippen molar-refractivity contribution in [3.63, 3.8) is 0 Å². The molecule has 0 bridgehead atoms. The minimum absolute atomic E-state index is 0.0170. The van der Waals surface area contributed by atoms with E-state index in [1.165, 1.54) is 5.56 Å². The maximum absolute atomic E-state index is 12.5. The first-order chi connectivity index (χ1) is 11.5. The first-order valence-electron chi connectivity index (χ1n) is 8.38. The van der Waals surface area contributed by atoms with Crippen LogP contribution in [-0.2, 0) is 16.6 Å². The topological polar surface area (TPSA) is 49.4 Å². The van der Waals surface area contributed by atoms with Gasteiger partial charge in [-0.15, -0.1) is 0 Å². The summed E-state index contributed by atoms with van der Waals surface area (Å²) < 4.78 is 27.8. The SMILES string of the molecule is Cc1ccc(S(=O)(=O)NC2CCN(Cc3ccccc3)CC2)cc1. The van der Waals surface area contributed by atoms with E-state index in [-0.39, 0.29) is 6.04 Å². The highest BCUT2D eigenvalue weighted by Gasteiger charge is 2.24. The minimum Gasteiger partial charge on any atom is -0.299 e. The molecule has 0 unspecified atom stereocenters. The molecule has 0 spiro atoms. The zero-order valence-electron chi connectivity index (χ0n) is 14.0. The van der Waals surface area contributed by atoms with Gasteiger partial charge in [-0.25, -0.2) is 13.1 Å². The third-order valence-corrected chi connectivity index (χ3v) is 6.03. The highest BCUT2D eigenvalue weighted by molar-refractivity contribution is 7.89. The Morgan fingerprint density at radius 2 is 1.62 bits per heavy atom. The molecule has 0 atom stereocenters. The lowest BCUT2D eigenvalue weighted by molar-refractivity contribution is 0.200. The van der Waals surface area contributed by atoms with Gasteiger partial charge in [-0.1, -0.05) is 48.0 Å². The molecule has 0 radical (unpaired) electrons. The smallest absolute Gasteiger partial charge is 0.240 e. The standard InChI is InChI=1S/C19H24N2O2S/c1-16-7-9-19(10-8-16)24(22,23)20-18-11-13-21(14-12-18)15-17-5-3-2-4-6-17/h2-10,18,20H,11-15H2,1H3. The molecular formula is C19H24N2O2S. The molecule has 3 rings (SSSR count). The van der Waals surface area contributed by atoms with Gasteiger partial charge in [0.2, 0.25) is 10.0 Å². The predicted molar refractivity (Wildman–Crippen MR) is 96.2 cm³/mol. The summed E-state index contributed by atoms with van der Waals surface area (Å²) in [5, 5.41) is 0. The number of aryl methyl sites for hydroxylation is 1. The zero-order chi connectivity index (χ0) is 17.0. The summed E-state index contributed by atoms with van der Waals surface area (Å²) in [6.45, 7) is 4.70. The molecule has 1 heterocycles. The first kappa shape index (κ1) is 17.1. The lowest BCUT2D eigenvalue weighted by Gasteiger charge is -2.32. The van der Waals surface area contributed by atoms with Crippen molar-refractivity contribution >= 4 is 10.0 Å². The number of rotatable bonds is 5. The number of hydrogen-bond donors (Lipinski definition) is 1. The van der Waals surface area contributed by atoms with E-state index in [1.54, 1.807) is 12.1 Å². The van der Waals surface area contributed by atoms with E-state index in [0.717, 1.165) is 38.0 Å². The van der Waals surface area contributed by atoms with Gasteiger partial charge in [-0.2, -0.15) is 0 Å². The highest BCUT2D eigenvalue weighted by atomic mass is 32.2. The molecule has 1 fully saturated rings. The van der Waals surface area contributed by atoms with Crippen molar-refractivity contribution in [3.05, 3.63) is 65.7 Å². The van der Waals surface area contributed by atoms with Crippen molar-refractivity contribution in [2.24, 2.45) is 0 Å². The van der Waals surface area contributed by atoms with Crippen LogP contribution in [0.3, 0.4) is 0 Å². The van der Waals surface area contributed by atoms with Crippen LogP contribution in [0.5, 0.6) is 0 Å². The van der Waals surface area contributed by atoms with Crippen molar-refractivity contribution < 1.29 is 8.42 Å². The number of sulfonamides is 1. The summed E-state index contributed by atoms with van der Waals surface area (Å²) in [6, 6.07) is 17.4. The first-order valence-corrected chi connectivity index (χ1v) is 9.86. The average molecular weight is 344 g/mol. The average Bonchev–Trinajstić information content (AvgIpc) is 2.58. The molecule has 0 saturated carbocycles. The Hall–Kier alpha value is -1.69. The second kappa shape index (κ2) is 7.47. The van der Waals surface area contributed by atoms with Gasteiger partial charge in [0.25, 0.3) is 0 Å². The van der Waals surface area contributed by atoms with Gasteiger partial charge in [0.15, 0.2) is 0 Å². The van der Waals surface area contributed by atoms with Crippen LogP contribution >= 0.6 is 0 Å².